The number of imide groups is 1. The van der Waals surface area contributed by atoms with Crippen molar-refractivity contribution in [1.82, 2.24) is 0 Å². The van der Waals surface area contributed by atoms with Gasteiger partial charge in [-0.2, -0.15) is 0 Å². The van der Waals surface area contributed by atoms with Crippen LogP contribution in [0.3, 0.4) is 0 Å². The summed E-state index contributed by atoms with van der Waals surface area (Å²) < 4.78 is 6.45. The first kappa shape index (κ1) is 21.4. The summed E-state index contributed by atoms with van der Waals surface area (Å²) in [6, 6.07) is 14.1. The van der Waals surface area contributed by atoms with Crippen LogP contribution in [0.2, 0.25) is 0 Å². The van der Waals surface area contributed by atoms with Crippen LogP contribution in [0.1, 0.15) is 19.8 Å². The Kier molecular flexibility index (Phi) is 7.33. The second-order valence-corrected chi connectivity index (χ2v) is 8.58. The summed E-state index contributed by atoms with van der Waals surface area (Å²) >= 11 is 4.52. The van der Waals surface area contributed by atoms with Crippen molar-refractivity contribution in [2.45, 2.75) is 25.0 Å². The Bertz CT molecular complexity index is 887. The molecule has 0 radical (unpaired) electrons. The zero-order chi connectivity index (χ0) is 20.8. The molecule has 1 heterocycles. The average molecular weight is 477 g/mol. The summed E-state index contributed by atoms with van der Waals surface area (Å²) in [5.41, 5.74) is 1.20. The summed E-state index contributed by atoms with van der Waals surface area (Å²) in [5.74, 6) is 0.0255. The molecular weight excluding hydrogens is 456 g/mol. The maximum atomic E-state index is 12.7. The number of nitrogens with one attached hydrogen (secondary N) is 1. The monoisotopic (exact) mass is 476 g/mol. The number of nitrogens with zero attached hydrogens (tertiary/aromatic N) is 1. The average Bonchev–Trinajstić information content (AvgIpc) is 3.00. The zero-order valence-corrected chi connectivity index (χ0v) is 18.3. The van der Waals surface area contributed by atoms with Gasteiger partial charge in [0.25, 0.3) is 0 Å². The molecular formula is C21H21BrN2O4S. The summed E-state index contributed by atoms with van der Waals surface area (Å²) in [4.78, 5) is 38.4. The van der Waals surface area contributed by atoms with Crippen molar-refractivity contribution in [3.8, 4) is 5.75 Å². The number of ether oxygens (including phenoxy) is 1. The number of carbonyl (C=O) groups excluding carboxylic acids is 3. The first-order valence-electron chi connectivity index (χ1n) is 9.24. The molecule has 1 aliphatic rings. The second-order valence-electron chi connectivity index (χ2n) is 6.47. The third-order valence-electron chi connectivity index (χ3n) is 4.22. The number of amides is 3. The van der Waals surface area contributed by atoms with Crippen molar-refractivity contribution in [2.75, 3.05) is 22.6 Å². The highest BCUT2D eigenvalue weighted by atomic mass is 79.9. The van der Waals surface area contributed by atoms with Crippen LogP contribution in [0.15, 0.2) is 53.0 Å². The van der Waals surface area contributed by atoms with Gasteiger partial charge in [-0.15, -0.1) is 11.8 Å². The number of benzene rings is 2. The van der Waals surface area contributed by atoms with Crippen molar-refractivity contribution in [3.63, 3.8) is 0 Å². The number of hydrogen-bond acceptors (Lipinski definition) is 5. The number of halogens is 1. The second kappa shape index (κ2) is 9.93. The number of thioether (sulfide) groups is 1. The van der Waals surface area contributed by atoms with Crippen molar-refractivity contribution in [2.24, 2.45) is 0 Å². The number of carbonyl (C=O) groups is 3. The summed E-state index contributed by atoms with van der Waals surface area (Å²) in [5, 5.41) is 2.22. The lowest BCUT2D eigenvalue weighted by Crippen LogP contribution is -2.31. The Balaban J connectivity index is 1.55. The van der Waals surface area contributed by atoms with Crippen LogP contribution in [0.5, 0.6) is 5.75 Å². The molecule has 2 aromatic rings. The van der Waals surface area contributed by atoms with E-state index in [0.29, 0.717) is 23.7 Å². The SMILES string of the molecule is CCCOc1ccc(N2C(=O)C[C@@H](SCC(=O)Nc3ccc(Br)cc3)C2=O)cc1. The van der Waals surface area contributed by atoms with E-state index in [1.807, 2.05) is 19.1 Å². The first-order valence-corrected chi connectivity index (χ1v) is 11.1. The van der Waals surface area contributed by atoms with E-state index in [9.17, 15) is 14.4 Å². The van der Waals surface area contributed by atoms with Crippen LogP contribution in [0.25, 0.3) is 0 Å². The van der Waals surface area contributed by atoms with Crippen molar-refractivity contribution < 1.29 is 19.1 Å². The summed E-state index contributed by atoms with van der Waals surface area (Å²) in [6.07, 6.45) is 0.988. The predicted octanol–water partition coefficient (Wildman–Crippen LogP) is 4.24. The van der Waals surface area contributed by atoms with Gasteiger partial charge in [-0.3, -0.25) is 14.4 Å². The smallest absolute Gasteiger partial charge is 0.247 e. The van der Waals surface area contributed by atoms with E-state index < -0.39 is 5.25 Å². The Morgan fingerprint density at radius 2 is 1.86 bits per heavy atom. The van der Waals surface area contributed by atoms with E-state index in [1.165, 1.54) is 16.7 Å². The molecule has 3 amide bonds. The van der Waals surface area contributed by atoms with Crippen LogP contribution in [-0.2, 0) is 14.4 Å². The Morgan fingerprint density at radius 3 is 2.52 bits per heavy atom. The third-order valence-corrected chi connectivity index (χ3v) is 5.94. The molecule has 29 heavy (non-hydrogen) atoms. The fraction of sp³-hybridized carbons (Fsp3) is 0.286. The van der Waals surface area contributed by atoms with Gasteiger partial charge in [0.2, 0.25) is 17.7 Å². The van der Waals surface area contributed by atoms with Gasteiger partial charge in [-0.05, 0) is 55.0 Å². The Hall–Kier alpha value is -2.32. The van der Waals surface area contributed by atoms with Crippen LogP contribution < -0.4 is 15.0 Å². The van der Waals surface area contributed by atoms with Crippen molar-refractivity contribution >= 4 is 56.8 Å². The molecule has 8 heteroatoms. The fourth-order valence-electron chi connectivity index (χ4n) is 2.82. The maximum absolute atomic E-state index is 12.7. The topological polar surface area (TPSA) is 75.7 Å². The van der Waals surface area contributed by atoms with Gasteiger partial charge >= 0.3 is 0 Å². The standard InChI is InChI=1S/C21H21BrN2O4S/c1-2-11-28-17-9-7-16(8-10-17)24-20(26)12-18(21(24)27)29-13-19(25)23-15-5-3-14(22)4-6-15/h3-10,18H,2,11-13H2,1H3,(H,23,25)/t18-/m1/s1. The molecule has 1 atom stereocenters. The van der Waals surface area contributed by atoms with Gasteiger partial charge in [-0.25, -0.2) is 4.90 Å². The molecule has 152 valence electrons. The summed E-state index contributed by atoms with van der Waals surface area (Å²) in [6.45, 7) is 2.63. The van der Waals surface area contributed by atoms with E-state index in [4.69, 9.17) is 4.74 Å². The minimum atomic E-state index is -0.561. The highest BCUT2D eigenvalue weighted by Gasteiger charge is 2.40. The number of anilines is 2. The molecule has 0 unspecified atom stereocenters. The molecule has 0 bridgehead atoms. The quantitative estimate of drug-likeness (QED) is 0.576. The van der Waals surface area contributed by atoms with Gasteiger partial charge in [-0.1, -0.05) is 22.9 Å². The van der Waals surface area contributed by atoms with Crippen LogP contribution in [0, 0.1) is 0 Å². The van der Waals surface area contributed by atoms with Gasteiger partial charge < -0.3 is 10.1 Å². The van der Waals surface area contributed by atoms with E-state index in [1.54, 1.807) is 36.4 Å². The van der Waals surface area contributed by atoms with Crippen LogP contribution in [-0.4, -0.2) is 35.3 Å². The third kappa shape index (κ3) is 5.61. The van der Waals surface area contributed by atoms with Gasteiger partial charge in [0.1, 0.15) is 5.75 Å². The summed E-state index contributed by atoms with van der Waals surface area (Å²) in [7, 11) is 0. The van der Waals surface area contributed by atoms with E-state index >= 15 is 0 Å². The molecule has 1 aliphatic heterocycles. The van der Waals surface area contributed by atoms with Gasteiger partial charge in [0.05, 0.1) is 23.3 Å². The molecule has 1 saturated heterocycles. The molecule has 1 N–H and O–H groups in total. The van der Waals surface area contributed by atoms with Crippen LogP contribution in [0.4, 0.5) is 11.4 Å². The maximum Gasteiger partial charge on any atom is 0.247 e. The molecule has 0 spiro atoms. The first-order chi connectivity index (χ1) is 14.0. The highest BCUT2D eigenvalue weighted by molar-refractivity contribution is 9.10. The fourth-order valence-corrected chi connectivity index (χ4v) is 4.02. The molecule has 1 fully saturated rings. The number of rotatable bonds is 8. The van der Waals surface area contributed by atoms with E-state index in [-0.39, 0.29) is 29.9 Å². The zero-order valence-electron chi connectivity index (χ0n) is 15.9. The molecule has 3 rings (SSSR count). The molecule has 0 saturated carbocycles. The Labute approximate surface area is 182 Å². The normalized spacial score (nSPS) is 16.2. The minimum absolute atomic E-state index is 0.0865. The van der Waals surface area contributed by atoms with Gasteiger partial charge in [0.15, 0.2) is 0 Å². The number of hydrogen-bond donors (Lipinski definition) is 1. The highest BCUT2D eigenvalue weighted by Crippen LogP contribution is 2.30. The molecule has 6 nitrogen and oxygen atoms in total. The van der Waals surface area contributed by atoms with Crippen LogP contribution >= 0.6 is 27.7 Å². The lowest BCUT2D eigenvalue weighted by atomic mass is 10.3. The van der Waals surface area contributed by atoms with Gasteiger partial charge in [0, 0.05) is 16.6 Å². The van der Waals surface area contributed by atoms with E-state index in [2.05, 4.69) is 21.2 Å². The largest absolute Gasteiger partial charge is 0.494 e. The van der Waals surface area contributed by atoms with Crippen molar-refractivity contribution in [1.29, 1.82) is 0 Å². The predicted molar refractivity (Wildman–Crippen MR) is 118 cm³/mol. The minimum Gasteiger partial charge on any atom is -0.494 e. The molecule has 0 aliphatic carbocycles. The molecule has 0 aromatic heterocycles. The molecule has 2 aromatic carbocycles. The van der Waals surface area contributed by atoms with E-state index in [0.717, 1.165) is 10.9 Å². The Morgan fingerprint density at radius 1 is 1.17 bits per heavy atom. The lowest BCUT2D eigenvalue weighted by Gasteiger charge is -2.15. The van der Waals surface area contributed by atoms with Crippen molar-refractivity contribution in [3.05, 3.63) is 53.0 Å². The lowest BCUT2D eigenvalue weighted by molar-refractivity contribution is -0.121.